The molecule has 2 aromatic rings. The summed E-state index contributed by atoms with van der Waals surface area (Å²) in [4.78, 5) is 6.54. The highest BCUT2D eigenvalue weighted by Crippen LogP contribution is 2.28. The maximum atomic E-state index is 5.87. The molecule has 1 aliphatic rings. The lowest BCUT2D eigenvalue weighted by molar-refractivity contribution is 0.416. The minimum atomic E-state index is 0.483. The Kier molecular flexibility index (Phi) is 2.98. The number of hydrogen-bond donors (Lipinski definition) is 1. The number of anilines is 2. The molecule has 6 nitrogen and oxygen atoms in total. The molecule has 1 saturated heterocycles. The van der Waals surface area contributed by atoms with Crippen LogP contribution in [0.1, 0.15) is 12.8 Å². The van der Waals surface area contributed by atoms with E-state index >= 15 is 0 Å². The number of nitrogens with two attached hydrogens (primary N) is 1. The molecule has 0 radical (unpaired) electrons. The molecule has 0 spiro atoms. The molecule has 0 aliphatic carbocycles. The second-order valence-electron chi connectivity index (χ2n) is 4.55. The van der Waals surface area contributed by atoms with Crippen molar-refractivity contribution in [2.75, 3.05) is 30.8 Å². The molecular formula is C13H16N4O2. The standard InChI is InChI=1S/C13H16N4O2/c1-18-11-5-4-9(8-10(11)14)12-15-13(16-19-12)17-6-2-3-7-17/h4-5,8H,2-3,6-7,14H2,1H3. The quantitative estimate of drug-likeness (QED) is 0.850. The average Bonchev–Trinajstić information content (AvgIpc) is 3.09. The molecule has 1 aromatic heterocycles. The molecule has 2 heterocycles. The van der Waals surface area contributed by atoms with E-state index in [2.05, 4.69) is 15.0 Å². The number of rotatable bonds is 3. The Morgan fingerprint density at radius 1 is 1.32 bits per heavy atom. The van der Waals surface area contributed by atoms with Crippen molar-refractivity contribution in [2.24, 2.45) is 0 Å². The molecule has 6 heteroatoms. The summed E-state index contributed by atoms with van der Waals surface area (Å²) in [5, 5.41) is 4.01. The van der Waals surface area contributed by atoms with Crippen LogP contribution in [-0.4, -0.2) is 30.3 Å². The van der Waals surface area contributed by atoms with Gasteiger partial charge >= 0.3 is 0 Å². The first-order valence-electron chi connectivity index (χ1n) is 6.30. The van der Waals surface area contributed by atoms with Gasteiger partial charge in [-0.2, -0.15) is 4.98 Å². The first-order valence-corrected chi connectivity index (χ1v) is 6.30. The van der Waals surface area contributed by atoms with Crippen LogP contribution in [0.2, 0.25) is 0 Å². The van der Waals surface area contributed by atoms with Crippen molar-refractivity contribution in [1.29, 1.82) is 0 Å². The SMILES string of the molecule is COc1ccc(-c2nc(N3CCCC3)no2)cc1N. The fourth-order valence-electron chi connectivity index (χ4n) is 2.25. The van der Waals surface area contributed by atoms with Crippen molar-refractivity contribution >= 4 is 11.6 Å². The lowest BCUT2D eigenvalue weighted by atomic mass is 10.2. The van der Waals surface area contributed by atoms with E-state index in [0.717, 1.165) is 18.7 Å². The number of aromatic nitrogens is 2. The van der Waals surface area contributed by atoms with Gasteiger partial charge in [0, 0.05) is 18.7 Å². The Bertz CT molecular complexity index is 576. The first kappa shape index (κ1) is 11.8. The third kappa shape index (κ3) is 2.21. The van der Waals surface area contributed by atoms with Gasteiger partial charge in [-0.05, 0) is 36.2 Å². The van der Waals surface area contributed by atoms with E-state index in [9.17, 15) is 0 Å². The Balaban J connectivity index is 1.87. The van der Waals surface area contributed by atoms with Crippen LogP contribution in [0.25, 0.3) is 11.5 Å². The van der Waals surface area contributed by atoms with E-state index in [4.69, 9.17) is 15.0 Å². The van der Waals surface area contributed by atoms with E-state index < -0.39 is 0 Å². The molecule has 1 aromatic carbocycles. The van der Waals surface area contributed by atoms with E-state index in [0.29, 0.717) is 23.3 Å². The van der Waals surface area contributed by atoms with Crippen LogP contribution in [0.5, 0.6) is 5.75 Å². The monoisotopic (exact) mass is 260 g/mol. The second kappa shape index (κ2) is 4.79. The minimum absolute atomic E-state index is 0.483. The van der Waals surface area contributed by atoms with Gasteiger partial charge in [-0.25, -0.2) is 0 Å². The lowest BCUT2D eigenvalue weighted by Crippen LogP contribution is -2.18. The van der Waals surface area contributed by atoms with Crippen LogP contribution in [-0.2, 0) is 0 Å². The first-order chi connectivity index (χ1) is 9.28. The average molecular weight is 260 g/mol. The molecule has 0 amide bonds. The molecule has 19 heavy (non-hydrogen) atoms. The predicted octanol–water partition coefficient (Wildman–Crippen LogP) is 1.93. The maximum Gasteiger partial charge on any atom is 0.266 e. The molecule has 100 valence electrons. The van der Waals surface area contributed by atoms with Gasteiger partial charge in [-0.3, -0.25) is 0 Å². The zero-order valence-electron chi connectivity index (χ0n) is 10.8. The molecule has 0 atom stereocenters. The molecule has 1 aliphatic heterocycles. The van der Waals surface area contributed by atoms with Crippen molar-refractivity contribution in [2.45, 2.75) is 12.8 Å². The molecule has 0 unspecified atom stereocenters. The van der Waals surface area contributed by atoms with E-state index in [-0.39, 0.29) is 0 Å². The van der Waals surface area contributed by atoms with Crippen molar-refractivity contribution in [3.05, 3.63) is 18.2 Å². The number of hydrogen-bond acceptors (Lipinski definition) is 6. The van der Waals surface area contributed by atoms with Crippen LogP contribution in [0.15, 0.2) is 22.7 Å². The van der Waals surface area contributed by atoms with Gasteiger partial charge in [0.15, 0.2) is 0 Å². The van der Waals surface area contributed by atoms with Crippen molar-refractivity contribution in [3.8, 4) is 17.2 Å². The topological polar surface area (TPSA) is 77.4 Å². The Morgan fingerprint density at radius 3 is 2.79 bits per heavy atom. The second-order valence-corrected chi connectivity index (χ2v) is 4.55. The Labute approximate surface area is 111 Å². The van der Waals surface area contributed by atoms with Gasteiger partial charge < -0.3 is 19.9 Å². The molecule has 2 N–H and O–H groups in total. The fourth-order valence-corrected chi connectivity index (χ4v) is 2.25. The van der Waals surface area contributed by atoms with Crippen LogP contribution in [0, 0.1) is 0 Å². The molecule has 0 bridgehead atoms. The summed E-state index contributed by atoms with van der Waals surface area (Å²) in [5.41, 5.74) is 7.23. The highest BCUT2D eigenvalue weighted by atomic mass is 16.5. The molecule has 0 saturated carbocycles. The van der Waals surface area contributed by atoms with Crippen LogP contribution in [0.3, 0.4) is 0 Å². The van der Waals surface area contributed by atoms with Gasteiger partial charge in [-0.1, -0.05) is 0 Å². The number of methoxy groups -OCH3 is 1. The normalized spacial score (nSPS) is 14.9. The summed E-state index contributed by atoms with van der Waals surface area (Å²) in [5.74, 6) is 1.78. The van der Waals surface area contributed by atoms with Gasteiger partial charge in [-0.15, -0.1) is 0 Å². The van der Waals surface area contributed by atoms with Crippen molar-refractivity contribution in [1.82, 2.24) is 10.1 Å². The van der Waals surface area contributed by atoms with Crippen molar-refractivity contribution in [3.63, 3.8) is 0 Å². The summed E-state index contributed by atoms with van der Waals surface area (Å²) >= 11 is 0. The van der Waals surface area contributed by atoms with Gasteiger partial charge in [0.2, 0.25) is 0 Å². The van der Waals surface area contributed by atoms with Gasteiger partial charge in [0.1, 0.15) is 5.75 Å². The van der Waals surface area contributed by atoms with E-state index in [1.54, 1.807) is 19.2 Å². The summed E-state index contributed by atoms with van der Waals surface area (Å²) in [6, 6.07) is 5.43. The number of ether oxygens (including phenoxy) is 1. The van der Waals surface area contributed by atoms with Crippen LogP contribution in [0.4, 0.5) is 11.6 Å². The third-order valence-electron chi connectivity index (χ3n) is 3.28. The number of nitrogen functional groups attached to an aromatic ring is 1. The van der Waals surface area contributed by atoms with Crippen molar-refractivity contribution < 1.29 is 9.26 Å². The minimum Gasteiger partial charge on any atom is -0.495 e. The van der Waals surface area contributed by atoms with Crippen LogP contribution >= 0.6 is 0 Å². The maximum absolute atomic E-state index is 5.87. The molecule has 3 rings (SSSR count). The summed E-state index contributed by atoms with van der Waals surface area (Å²) < 4.78 is 10.4. The van der Waals surface area contributed by atoms with E-state index in [1.807, 2.05) is 6.07 Å². The number of nitrogens with zero attached hydrogens (tertiary/aromatic N) is 3. The lowest BCUT2D eigenvalue weighted by Gasteiger charge is -2.09. The summed E-state index contributed by atoms with van der Waals surface area (Å²) in [6.07, 6.45) is 2.36. The largest absolute Gasteiger partial charge is 0.495 e. The molecular weight excluding hydrogens is 244 g/mol. The smallest absolute Gasteiger partial charge is 0.266 e. The Morgan fingerprint density at radius 2 is 2.11 bits per heavy atom. The zero-order valence-corrected chi connectivity index (χ0v) is 10.8. The number of benzene rings is 1. The van der Waals surface area contributed by atoms with Gasteiger partial charge in [0.25, 0.3) is 11.8 Å². The van der Waals surface area contributed by atoms with Gasteiger partial charge in [0.05, 0.1) is 12.8 Å². The van der Waals surface area contributed by atoms with E-state index in [1.165, 1.54) is 12.8 Å². The highest BCUT2D eigenvalue weighted by molar-refractivity contribution is 5.65. The zero-order chi connectivity index (χ0) is 13.2. The highest BCUT2D eigenvalue weighted by Gasteiger charge is 2.18. The predicted molar refractivity (Wildman–Crippen MR) is 72.1 cm³/mol. The summed E-state index contributed by atoms with van der Waals surface area (Å²) in [7, 11) is 1.59. The fraction of sp³-hybridized carbons (Fsp3) is 0.385. The van der Waals surface area contributed by atoms with Crippen LogP contribution < -0.4 is 15.4 Å². The Hall–Kier alpha value is -2.24. The third-order valence-corrected chi connectivity index (χ3v) is 3.28. The molecule has 1 fully saturated rings. The summed E-state index contributed by atoms with van der Waals surface area (Å²) in [6.45, 7) is 1.98.